The molecule has 2 N–H and O–H groups in total. The fraction of sp³-hybridized carbons (Fsp3) is 0. The molecule has 0 bridgehead atoms. The maximum Gasteiger partial charge on any atom is 0.189 e. The van der Waals surface area contributed by atoms with Crippen LogP contribution in [0.25, 0.3) is 0 Å². The number of aromatic nitrogens is 2. The van der Waals surface area contributed by atoms with Gasteiger partial charge in [0.25, 0.3) is 0 Å². The van der Waals surface area contributed by atoms with Gasteiger partial charge < -0.3 is 5.32 Å². The lowest BCUT2D eigenvalue weighted by Crippen LogP contribution is -2.09. The molecule has 0 spiro atoms. The molecule has 0 saturated heterocycles. The zero-order valence-electron chi connectivity index (χ0n) is 5.03. The monoisotopic (exact) mass is 153 g/mol. The zero-order chi connectivity index (χ0) is 7.40. The smallest absolute Gasteiger partial charge is 0.189 e. The van der Waals surface area contributed by atoms with Crippen LogP contribution in [0.15, 0.2) is 18.7 Å². The Kier molecular flexibility index (Phi) is 2.11. The van der Waals surface area contributed by atoms with Gasteiger partial charge in [0.05, 0.1) is 18.1 Å². The molecule has 0 amide bonds. The van der Waals surface area contributed by atoms with Crippen molar-refractivity contribution in [2.45, 2.75) is 0 Å². The molecule has 1 radical (unpaired) electrons. The molecular weight excluding hydrogens is 148 g/mol. The normalized spacial score (nSPS) is 8.80. The summed E-state index contributed by atoms with van der Waals surface area (Å²) < 4.78 is 0. The summed E-state index contributed by atoms with van der Waals surface area (Å²) in [6.45, 7) is 0. The Morgan fingerprint density at radius 1 is 1.50 bits per heavy atom. The first-order valence-corrected chi connectivity index (χ1v) is 2.97. The van der Waals surface area contributed by atoms with E-state index in [1.807, 2.05) is 0 Å². The van der Waals surface area contributed by atoms with E-state index in [-0.39, 0.29) is 5.11 Å². The average molecular weight is 153 g/mol. The lowest BCUT2D eigenvalue weighted by atomic mass is 10.5. The summed E-state index contributed by atoms with van der Waals surface area (Å²) in [5.41, 5.74) is 7.52. The first kappa shape index (κ1) is 6.88. The highest BCUT2D eigenvalue weighted by Crippen LogP contribution is 1.98. The largest absolute Gasteiger partial charge is 0.329 e. The highest BCUT2D eigenvalue weighted by molar-refractivity contribution is 7.80. The molecular formula is C5H5N4S. The third-order valence-corrected chi connectivity index (χ3v) is 0.921. The van der Waals surface area contributed by atoms with Gasteiger partial charge in [0.15, 0.2) is 5.11 Å². The number of hydrogen-bond donors (Lipinski definition) is 1. The lowest BCUT2D eigenvalue weighted by Gasteiger charge is -1.98. The van der Waals surface area contributed by atoms with Gasteiger partial charge in [-0.2, -0.15) is 0 Å². The van der Waals surface area contributed by atoms with Crippen molar-refractivity contribution >= 4 is 23.0 Å². The first-order valence-electron chi connectivity index (χ1n) is 2.56. The van der Waals surface area contributed by atoms with Gasteiger partial charge in [0, 0.05) is 0 Å². The second-order valence-corrected chi connectivity index (χ2v) is 1.99. The van der Waals surface area contributed by atoms with Gasteiger partial charge in [0.2, 0.25) is 0 Å². The molecule has 0 unspecified atom stereocenters. The van der Waals surface area contributed by atoms with Gasteiger partial charge >= 0.3 is 0 Å². The van der Waals surface area contributed by atoms with Crippen LogP contribution in [0, 0.1) is 0 Å². The molecule has 1 aromatic heterocycles. The minimum atomic E-state index is -0.0326. The Labute approximate surface area is 63.5 Å². The Morgan fingerprint density at radius 3 is 2.60 bits per heavy atom. The van der Waals surface area contributed by atoms with Crippen molar-refractivity contribution in [2.75, 3.05) is 5.32 Å². The van der Waals surface area contributed by atoms with Crippen LogP contribution < -0.4 is 11.1 Å². The SMILES string of the molecule is [NH]C(=S)Nc1cncnc1. The molecule has 0 aliphatic heterocycles. The Bertz CT molecular complexity index is 222. The molecule has 5 heteroatoms. The highest BCUT2D eigenvalue weighted by Gasteiger charge is 1.90. The van der Waals surface area contributed by atoms with E-state index >= 15 is 0 Å². The van der Waals surface area contributed by atoms with E-state index in [9.17, 15) is 0 Å². The van der Waals surface area contributed by atoms with Crippen LogP contribution in [-0.4, -0.2) is 15.1 Å². The quantitative estimate of drug-likeness (QED) is 0.595. The molecule has 0 aromatic carbocycles. The van der Waals surface area contributed by atoms with E-state index in [1.165, 1.54) is 6.33 Å². The van der Waals surface area contributed by atoms with E-state index in [4.69, 9.17) is 5.73 Å². The van der Waals surface area contributed by atoms with Gasteiger partial charge in [-0.25, -0.2) is 9.97 Å². The van der Waals surface area contributed by atoms with Crippen molar-refractivity contribution in [3.8, 4) is 0 Å². The lowest BCUT2D eigenvalue weighted by molar-refractivity contribution is 1.17. The molecule has 0 atom stereocenters. The minimum absolute atomic E-state index is 0.0326. The second-order valence-electron chi connectivity index (χ2n) is 1.58. The summed E-state index contributed by atoms with van der Waals surface area (Å²) in [5.74, 6) is 0. The Hall–Kier alpha value is -1.23. The highest BCUT2D eigenvalue weighted by atomic mass is 32.1. The predicted octanol–water partition coefficient (Wildman–Crippen LogP) is 0.456. The van der Waals surface area contributed by atoms with Crippen LogP contribution in [0.4, 0.5) is 5.69 Å². The van der Waals surface area contributed by atoms with Crippen molar-refractivity contribution in [1.82, 2.24) is 15.7 Å². The van der Waals surface area contributed by atoms with E-state index in [2.05, 4.69) is 27.5 Å². The van der Waals surface area contributed by atoms with Crippen LogP contribution in [-0.2, 0) is 0 Å². The van der Waals surface area contributed by atoms with Gasteiger partial charge in [-0.05, 0) is 12.2 Å². The summed E-state index contributed by atoms with van der Waals surface area (Å²) in [7, 11) is 0. The van der Waals surface area contributed by atoms with Crippen LogP contribution in [0.2, 0.25) is 0 Å². The molecule has 10 heavy (non-hydrogen) atoms. The van der Waals surface area contributed by atoms with Crippen LogP contribution in [0.1, 0.15) is 0 Å². The first-order chi connectivity index (χ1) is 4.79. The molecule has 0 aliphatic rings. The maximum absolute atomic E-state index is 6.88. The summed E-state index contributed by atoms with van der Waals surface area (Å²) in [6.07, 6.45) is 4.51. The topological polar surface area (TPSA) is 61.6 Å². The van der Waals surface area contributed by atoms with Gasteiger partial charge in [-0.15, -0.1) is 0 Å². The molecule has 51 valence electrons. The molecule has 0 saturated carbocycles. The van der Waals surface area contributed by atoms with Gasteiger partial charge in [-0.1, -0.05) is 0 Å². The van der Waals surface area contributed by atoms with E-state index in [0.717, 1.165) is 0 Å². The zero-order valence-corrected chi connectivity index (χ0v) is 5.85. The molecule has 1 rings (SSSR count). The third kappa shape index (κ3) is 1.94. The number of hydrogen-bond acceptors (Lipinski definition) is 3. The second kappa shape index (κ2) is 3.07. The fourth-order valence-electron chi connectivity index (χ4n) is 0.495. The van der Waals surface area contributed by atoms with Crippen molar-refractivity contribution in [1.29, 1.82) is 0 Å². The summed E-state index contributed by atoms with van der Waals surface area (Å²) >= 11 is 4.48. The van der Waals surface area contributed by atoms with Crippen LogP contribution >= 0.6 is 12.2 Å². The summed E-state index contributed by atoms with van der Waals surface area (Å²) in [5, 5.41) is 2.55. The molecule has 4 nitrogen and oxygen atoms in total. The van der Waals surface area contributed by atoms with Crippen molar-refractivity contribution in [3.63, 3.8) is 0 Å². The van der Waals surface area contributed by atoms with Crippen LogP contribution in [0.5, 0.6) is 0 Å². The van der Waals surface area contributed by atoms with Crippen molar-refractivity contribution < 1.29 is 0 Å². The standard InChI is InChI=1S/C5H5N4S/c6-5(10)9-4-1-7-3-8-2-4/h1-3,6H,(H,9,10). The number of rotatable bonds is 1. The number of anilines is 1. The molecule has 0 aliphatic carbocycles. The number of nitrogens with one attached hydrogen (secondary N) is 2. The minimum Gasteiger partial charge on any atom is -0.329 e. The summed E-state index contributed by atoms with van der Waals surface area (Å²) in [4.78, 5) is 7.44. The molecule has 1 heterocycles. The third-order valence-electron chi connectivity index (χ3n) is 0.818. The van der Waals surface area contributed by atoms with E-state index in [1.54, 1.807) is 12.4 Å². The number of nitrogens with zero attached hydrogens (tertiary/aromatic N) is 2. The van der Waals surface area contributed by atoms with Crippen molar-refractivity contribution in [3.05, 3.63) is 18.7 Å². The molecule has 1 aromatic rings. The fourth-order valence-corrected chi connectivity index (χ4v) is 0.613. The predicted molar refractivity (Wildman–Crippen MR) is 41.3 cm³/mol. The Balaban J connectivity index is 2.67. The average Bonchev–Trinajstić information content (AvgIpc) is 1.88. The van der Waals surface area contributed by atoms with Crippen molar-refractivity contribution in [2.24, 2.45) is 0 Å². The molecule has 0 fully saturated rings. The van der Waals surface area contributed by atoms with E-state index < -0.39 is 0 Å². The van der Waals surface area contributed by atoms with E-state index in [0.29, 0.717) is 5.69 Å². The maximum atomic E-state index is 6.88. The summed E-state index contributed by atoms with van der Waals surface area (Å²) in [6, 6.07) is 0. The number of thiocarbonyl (C=S) groups is 1. The van der Waals surface area contributed by atoms with Crippen LogP contribution in [0.3, 0.4) is 0 Å². The van der Waals surface area contributed by atoms with Gasteiger partial charge in [-0.3, -0.25) is 5.73 Å². The van der Waals surface area contributed by atoms with Gasteiger partial charge in [0.1, 0.15) is 6.33 Å². The Morgan fingerprint density at radius 2 is 2.10 bits per heavy atom.